The van der Waals surface area contributed by atoms with Gasteiger partial charge in [-0.25, -0.2) is 9.97 Å². The third-order valence-corrected chi connectivity index (χ3v) is 3.05. The van der Waals surface area contributed by atoms with E-state index in [4.69, 9.17) is 16.3 Å². The van der Waals surface area contributed by atoms with Crippen LogP contribution in [-0.4, -0.2) is 40.9 Å². The number of nitrogens with one attached hydrogen (secondary N) is 1. The van der Waals surface area contributed by atoms with Crippen molar-refractivity contribution in [3.8, 4) is 0 Å². The maximum Gasteiger partial charge on any atom is 0.137 e. The van der Waals surface area contributed by atoms with Gasteiger partial charge in [0.15, 0.2) is 0 Å². The molecule has 0 aliphatic rings. The summed E-state index contributed by atoms with van der Waals surface area (Å²) in [5, 5.41) is 13.7. The second-order valence-corrected chi connectivity index (χ2v) is 4.80. The van der Waals surface area contributed by atoms with Crippen LogP contribution in [0.4, 0.5) is 5.82 Å². The highest BCUT2D eigenvalue weighted by Crippen LogP contribution is 2.21. The third-order valence-electron chi connectivity index (χ3n) is 2.73. The minimum atomic E-state index is -0.849. The summed E-state index contributed by atoms with van der Waals surface area (Å²) in [6.45, 7) is 4.64. The number of hydrogen-bond acceptors (Lipinski definition) is 5. The lowest BCUT2D eigenvalue weighted by molar-refractivity contribution is 0.0357. The average molecular weight is 274 g/mol. The number of methoxy groups -OCH3 is 1. The van der Waals surface area contributed by atoms with Gasteiger partial charge in [-0.05, 0) is 13.3 Å². The van der Waals surface area contributed by atoms with Gasteiger partial charge in [0.2, 0.25) is 0 Å². The lowest BCUT2D eigenvalue weighted by Gasteiger charge is -2.24. The van der Waals surface area contributed by atoms with E-state index in [9.17, 15) is 5.11 Å². The van der Waals surface area contributed by atoms with Crippen molar-refractivity contribution in [2.75, 3.05) is 25.6 Å². The first-order valence-electron chi connectivity index (χ1n) is 5.94. The predicted octanol–water partition coefficient (Wildman–Crippen LogP) is 1.89. The smallest absolute Gasteiger partial charge is 0.137 e. The van der Waals surface area contributed by atoms with E-state index in [2.05, 4.69) is 15.3 Å². The first kappa shape index (κ1) is 15.1. The summed E-state index contributed by atoms with van der Waals surface area (Å²) in [6, 6.07) is 0. The highest BCUT2D eigenvalue weighted by Gasteiger charge is 2.20. The molecule has 1 rings (SSSR count). The fraction of sp³-hybridized carbons (Fsp3) is 0.667. The second-order valence-electron chi connectivity index (χ2n) is 4.44. The summed E-state index contributed by atoms with van der Waals surface area (Å²) >= 11 is 5.99. The molecule has 0 saturated heterocycles. The molecular formula is C12H20ClN3O2. The predicted molar refractivity (Wildman–Crippen MR) is 72.0 cm³/mol. The number of hydrogen-bond donors (Lipinski definition) is 2. The zero-order valence-electron chi connectivity index (χ0n) is 11.0. The first-order valence-corrected chi connectivity index (χ1v) is 6.32. The van der Waals surface area contributed by atoms with Crippen LogP contribution in [0.3, 0.4) is 0 Å². The van der Waals surface area contributed by atoms with Crippen molar-refractivity contribution in [2.45, 2.75) is 32.3 Å². The molecule has 1 aromatic heterocycles. The van der Waals surface area contributed by atoms with E-state index in [0.29, 0.717) is 30.5 Å². The topological polar surface area (TPSA) is 67.3 Å². The fourth-order valence-corrected chi connectivity index (χ4v) is 1.81. The zero-order chi connectivity index (χ0) is 13.6. The maximum atomic E-state index is 10.1. The lowest BCUT2D eigenvalue weighted by Crippen LogP contribution is -2.35. The summed E-state index contributed by atoms with van der Waals surface area (Å²) in [4.78, 5) is 8.08. The number of aromatic nitrogens is 2. The van der Waals surface area contributed by atoms with E-state index < -0.39 is 5.60 Å². The van der Waals surface area contributed by atoms with Crippen LogP contribution < -0.4 is 5.32 Å². The van der Waals surface area contributed by atoms with Crippen LogP contribution in [0.1, 0.15) is 25.8 Å². The van der Waals surface area contributed by atoms with Crippen LogP contribution in [-0.2, 0) is 11.2 Å². The van der Waals surface area contributed by atoms with Gasteiger partial charge in [0, 0.05) is 32.2 Å². The molecule has 0 saturated carbocycles. The number of nitrogens with zero attached hydrogens (tertiary/aromatic N) is 2. The molecule has 0 aliphatic carbocycles. The molecule has 18 heavy (non-hydrogen) atoms. The average Bonchev–Trinajstić information content (AvgIpc) is 2.34. The minimum absolute atomic E-state index is 0.386. The summed E-state index contributed by atoms with van der Waals surface area (Å²) in [5.74, 6) is 0.676. The van der Waals surface area contributed by atoms with Crippen molar-refractivity contribution < 1.29 is 9.84 Å². The Labute approximate surface area is 113 Å². The van der Waals surface area contributed by atoms with Gasteiger partial charge < -0.3 is 15.2 Å². The van der Waals surface area contributed by atoms with Crippen molar-refractivity contribution in [2.24, 2.45) is 0 Å². The van der Waals surface area contributed by atoms with Crippen LogP contribution in [0.5, 0.6) is 0 Å². The number of ether oxygens (including phenoxy) is 1. The lowest BCUT2D eigenvalue weighted by atomic mass is 10.0. The zero-order valence-corrected chi connectivity index (χ0v) is 11.8. The van der Waals surface area contributed by atoms with E-state index in [0.717, 1.165) is 12.0 Å². The largest absolute Gasteiger partial charge is 0.388 e. The standard InChI is InChI=1S/C12H20ClN3O2/c1-4-9-10(13)15-8-16-11(9)14-7-12(2,17)5-6-18-3/h8,17H,4-7H2,1-3H3,(H,14,15,16). The molecule has 1 heterocycles. The number of halogens is 1. The fourth-order valence-electron chi connectivity index (χ4n) is 1.54. The summed E-state index contributed by atoms with van der Waals surface area (Å²) in [5.41, 5.74) is 0.0139. The molecule has 1 aromatic rings. The van der Waals surface area contributed by atoms with Crippen LogP contribution in [0.2, 0.25) is 5.15 Å². The summed E-state index contributed by atoms with van der Waals surface area (Å²) < 4.78 is 4.96. The van der Waals surface area contributed by atoms with Crippen molar-refractivity contribution in [1.82, 2.24) is 9.97 Å². The quantitative estimate of drug-likeness (QED) is 0.743. The molecule has 0 spiro atoms. The van der Waals surface area contributed by atoms with E-state index in [1.165, 1.54) is 6.33 Å². The van der Waals surface area contributed by atoms with E-state index in [1.54, 1.807) is 14.0 Å². The molecular weight excluding hydrogens is 254 g/mol. The van der Waals surface area contributed by atoms with E-state index in [-0.39, 0.29) is 0 Å². The first-order chi connectivity index (χ1) is 8.50. The Morgan fingerprint density at radius 1 is 1.50 bits per heavy atom. The third kappa shape index (κ3) is 4.40. The molecule has 2 N–H and O–H groups in total. The second kappa shape index (κ2) is 6.87. The molecule has 0 radical (unpaired) electrons. The Kier molecular flexibility index (Phi) is 5.78. The molecule has 6 heteroatoms. The van der Waals surface area contributed by atoms with Crippen molar-refractivity contribution in [3.05, 3.63) is 17.0 Å². The molecule has 0 aromatic carbocycles. The van der Waals surface area contributed by atoms with Gasteiger partial charge in [-0.1, -0.05) is 18.5 Å². The van der Waals surface area contributed by atoms with Crippen LogP contribution in [0.15, 0.2) is 6.33 Å². The molecule has 0 bridgehead atoms. The summed E-state index contributed by atoms with van der Waals surface area (Å²) in [6.07, 6.45) is 2.70. The molecule has 0 fully saturated rings. The SMILES string of the molecule is CCc1c(Cl)ncnc1NCC(C)(O)CCOC. The van der Waals surface area contributed by atoms with Gasteiger partial charge in [0.25, 0.3) is 0 Å². The molecule has 5 nitrogen and oxygen atoms in total. The van der Waals surface area contributed by atoms with Crippen molar-refractivity contribution in [1.29, 1.82) is 0 Å². The monoisotopic (exact) mass is 273 g/mol. The van der Waals surface area contributed by atoms with Crippen LogP contribution in [0, 0.1) is 0 Å². The van der Waals surface area contributed by atoms with Crippen LogP contribution in [0.25, 0.3) is 0 Å². The minimum Gasteiger partial charge on any atom is -0.388 e. The Bertz CT molecular complexity index is 386. The number of anilines is 1. The van der Waals surface area contributed by atoms with Crippen LogP contribution >= 0.6 is 11.6 Å². The summed E-state index contributed by atoms with van der Waals surface area (Å²) in [7, 11) is 1.61. The highest BCUT2D eigenvalue weighted by atomic mass is 35.5. The molecule has 0 aliphatic heterocycles. The molecule has 1 unspecified atom stereocenters. The molecule has 102 valence electrons. The van der Waals surface area contributed by atoms with Gasteiger partial charge in [-0.2, -0.15) is 0 Å². The number of rotatable bonds is 7. The van der Waals surface area contributed by atoms with Crippen molar-refractivity contribution in [3.63, 3.8) is 0 Å². The maximum absolute atomic E-state index is 10.1. The molecule has 1 atom stereocenters. The van der Waals surface area contributed by atoms with Crippen molar-refractivity contribution >= 4 is 17.4 Å². The van der Waals surface area contributed by atoms with E-state index in [1.807, 2.05) is 6.92 Å². The Morgan fingerprint density at radius 3 is 2.83 bits per heavy atom. The normalized spacial score (nSPS) is 14.3. The highest BCUT2D eigenvalue weighted by molar-refractivity contribution is 6.30. The molecule has 0 amide bonds. The van der Waals surface area contributed by atoms with E-state index >= 15 is 0 Å². The van der Waals surface area contributed by atoms with Gasteiger partial charge >= 0.3 is 0 Å². The van der Waals surface area contributed by atoms with Gasteiger partial charge in [0.1, 0.15) is 17.3 Å². The Hall–Kier alpha value is -0.910. The van der Waals surface area contributed by atoms with Gasteiger partial charge in [0.05, 0.1) is 5.60 Å². The Morgan fingerprint density at radius 2 is 2.22 bits per heavy atom. The Balaban J connectivity index is 2.65. The number of aliphatic hydroxyl groups is 1. The van der Waals surface area contributed by atoms with Gasteiger partial charge in [-0.15, -0.1) is 0 Å². The van der Waals surface area contributed by atoms with Gasteiger partial charge in [-0.3, -0.25) is 0 Å².